The Balaban J connectivity index is 1.78. The topological polar surface area (TPSA) is 44.9 Å². The van der Waals surface area contributed by atoms with E-state index < -0.39 is 0 Å². The van der Waals surface area contributed by atoms with Crippen LogP contribution >= 0.6 is 15.9 Å². The molecule has 0 bridgehead atoms. The Bertz CT molecular complexity index is 750. The molecule has 1 aromatic heterocycles. The van der Waals surface area contributed by atoms with Gasteiger partial charge in [0.1, 0.15) is 0 Å². The van der Waals surface area contributed by atoms with E-state index in [0.717, 1.165) is 39.8 Å². The van der Waals surface area contributed by atoms with Gasteiger partial charge in [0.2, 0.25) is 0 Å². The largest absolute Gasteiger partial charge is 0.359 e. The van der Waals surface area contributed by atoms with E-state index in [4.69, 9.17) is 0 Å². The van der Waals surface area contributed by atoms with E-state index in [9.17, 15) is 4.79 Å². The van der Waals surface area contributed by atoms with Crippen LogP contribution in [0.25, 0.3) is 11.6 Å². The molecule has 2 heterocycles. The van der Waals surface area contributed by atoms with Crippen molar-refractivity contribution in [1.82, 2.24) is 4.98 Å². The molecule has 4 heteroatoms. The average Bonchev–Trinajstić information content (AvgIpc) is 3.01. The van der Waals surface area contributed by atoms with E-state index in [2.05, 4.69) is 32.3 Å². The summed E-state index contributed by atoms with van der Waals surface area (Å²) in [6.07, 6.45) is 6.74. The van der Waals surface area contributed by atoms with Crippen LogP contribution in [0.4, 0.5) is 5.69 Å². The SMILES string of the molecule is O=C1Nc2ccc(Br)cc2/C1=C\c1cc2c([nH]1)CCCC2. The van der Waals surface area contributed by atoms with Crippen LogP contribution in [0.1, 0.15) is 35.4 Å². The number of aromatic nitrogens is 1. The van der Waals surface area contributed by atoms with Crippen LogP contribution in [0.2, 0.25) is 0 Å². The molecule has 2 aromatic rings. The van der Waals surface area contributed by atoms with Crippen molar-refractivity contribution in [2.24, 2.45) is 0 Å². The van der Waals surface area contributed by atoms with Crippen LogP contribution in [0, 0.1) is 0 Å². The molecule has 21 heavy (non-hydrogen) atoms. The number of nitrogens with one attached hydrogen (secondary N) is 2. The maximum Gasteiger partial charge on any atom is 0.256 e. The number of carbonyl (C=O) groups is 1. The zero-order valence-electron chi connectivity index (χ0n) is 11.5. The van der Waals surface area contributed by atoms with Crippen molar-refractivity contribution in [2.45, 2.75) is 25.7 Å². The molecule has 0 fully saturated rings. The molecule has 3 nitrogen and oxygen atoms in total. The number of hydrogen-bond acceptors (Lipinski definition) is 1. The number of H-pyrrole nitrogens is 1. The molecule has 106 valence electrons. The molecule has 2 N–H and O–H groups in total. The normalized spacial score (nSPS) is 18.5. The Kier molecular flexibility index (Phi) is 3.00. The van der Waals surface area contributed by atoms with Crippen molar-refractivity contribution in [1.29, 1.82) is 0 Å². The first kappa shape index (κ1) is 12.9. The highest BCUT2D eigenvalue weighted by atomic mass is 79.9. The lowest BCUT2D eigenvalue weighted by Gasteiger charge is -2.08. The average molecular weight is 343 g/mol. The number of hydrogen-bond donors (Lipinski definition) is 2. The summed E-state index contributed by atoms with van der Waals surface area (Å²) >= 11 is 3.47. The number of fused-ring (bicyclic) bond motifs is 2. The van der Waals surface area contributed by atoms with E-state index in [1.165, 1.54) is 24.1 Å². The van der Waals surface area contributed by atoms with Gasteiger partial charge in [0.15, 0.2) is 0 Å². The van der Waals surface area contributed by atoms with Crippen molar-refractivity contribution in [3.8, 4) is 0 Å². The van der Waals surface area contributed by atoms with Crippen molar-refractivity contribution in [2.75, 3.05) is 5.32 Å². The lowest BCUT2D eigenvalue weighted by Crippen LogP contribution is -2.03. The van der Waals surface area contributed by atoms with E-state index in [1.807, 2.05) is 24.3 Å². The molecule has 0 unspecified atom stereocenters. The smallest absolute Gasteiger partial charge is 0.256 e. The van der Waals surface area contributed by atoms with Crippen LogP contribution in [-0.4, -0.2) is 10.9 Å². The number of amides is 1. The highest BCUT2D eigenvalue weighted by molar-refractivity contribution is 9.10. The molecule has 0 saturated heterocycles. The summed E-state index contributed by atoms with van der Waals surface area (Å²) in [7, 11) is 0. The fraction of sp³-hybridized carbons (Fsp3) is 0.235. The lowest BCUT2D eigenvalue weighted by atomic mass is 9.98. The summed E-state index contributed by atoms with van der Waals surface area (Å²) in [5, 5.41) is 2.91. The third-order valence-corrected chi connectivity index (χ3v) is 4.69. The second kappa shape index (κ2) is 4.88. The second-order valence-electron chi connectivity index (χ2n) is 5.64. The Labute approximate surface area is 131 Å². The van der Waals surface area contributed by atoms with Gasteiger partial charge in [-0.25, -0.2) is 0 Å². The van der Waals surface area contributed by atoms with Gasteiger partial charge < -0.3 is 10.3 Å². The summed E-state index contributed by atoms with van der Waals surface area (Å²) in [4.78, 5) is 15.6. The summed E-state index contributed by atoms with van der Waals surface area (Å²) in [5.74, 6) is -0.0318. The number of carbonyl (C=O) groups excluding carboxylic acids is 1. The molecular formula is C17H15BrN2O. The Hall–Kier alpha value is -1.81. The standard InChI is InChI=1S/C17H15BrN2O/c18-11-5-6-16-13(8-11)14(17(21)20-16)9-12-7-10-3-1-2-4-15(10)19-12/h5-9,19H,1-4H2,(H,20,21)/b14-9+. The zero-order chi connectivity index (χ0) is 14.4. The Morgan fingerprint density at radius 1 is 1.14 bits per heavy atom. The molecule has 0 spiro atoms. The predicted octanol–water partition coefficient (Wildman–Crippen LogP) is 4.15. The number of benzene rings is 1. The van der Waals surface area contributed by atoms with Crippen molar-refractivity contribution in [3.63, 3.8) is 0 Å². The molecule has 1 amide bonds. The first-order chi connectivity index (χ1) is 10.2. The summed E-state index contributed by atoms with van der Waals surface area (Å²) in [6, 6.07) is 8.04. The van der Waals surface area contributed by atoms with Crippen LogP contribution in [0.3, 0.4) is 0 Å². The number of aryl methyl sites for hydroxylation is 2. The van der Waals surface area contributed by atoms with Gasteiger partial charge in [0.25, 0.3) is 5.91 Å². The van der Waals surface area contributed by atoms with Gasteiger partial charge in [-0.2, -0.15) is 0 Å². The summed E-state index contributed by atoms with van der Waals surface area (Å²) < 4.78 is 0.981. The molecule has 0 atom stereocenters. The van der Waals surface area contributed by atoms with E-state index in [1.54, 1.807) is 0 Å². The van der Waals surface area contributed by atoms with Crippen LogP contribution in [0.5, 0.6) is 0 Å². The van der Waals surface area contributed by atoms with Gasteiger partial charge in [0.05, 0.1) is 5.57 Å². The number of rotatable bonds is 1. The van der Waals surface area contributed by atoms with Gasteiger partial charge in [-0.15, -0.1) is 0 Å². The third kappa shape index (κ3) is 2.23. The molecule has 1 aliphatic carbocycles. The molecule has 1 aromatic carbocycles. The molecule has 2 aliphatic rings. The maximum absolute atomic E-state index is 12.2. The molecule has 1 aliphatic heterocycles. The van der Waals surface area contributed by atoms with Crippen LogP contribution in [0.15, 0.2) is 28.7 Å². The van der Waals surface area contributed by atoms with Gasteiger partial charge in [0, 0.05) is 27.1 Å². The van der Waals surface area contributed by atoms with Gasteiger partial charge >= 0.3 is 0 Å². The molecule has 0 saturated carbocycles. The highest BCUT2D eigenvalue weighted by Crippen LogP contribution is 2.35. The van der Waals surface area contributed by atoms with Crippen molar-refractivity contribution >= 4 is 39.2 Å². The molecular weight excluding hydrogens is 328 g/mol. The second-order valence-corrected chi connectivity index (χ2v) is 6.55. The first-order valence-corrected chi connectivity index (χ1v) is 8.04. The Morgan fingerprint density at radius 3 is 2.86 bits per heavy atom. The minimum Gasteiger partial charge on any atom is -0.359 e. The first-order valence-electron chi connectivity index (χ1n) is 7.24. The van der Waals surface area contributed by atoms with Gasteiger partial charge in [-0.05, 0) is 61.6 Å². The predicted molar refractivity (Wildman–Crippen MR) is 88.1 cm³/mol. The zero-order valence-corrected chi connectivity index (χ0v) is 13.1. The van der Waals surface area contributed by atoms with Crippen molar-refractivity contribution < 1.29 is 4.79 Å². The molecule has 0 radical (unpaired) electrons. The van der Waals surface area contributed by atoms with Crippen LogP contribution < -0.4 is 5.32 Å². The van der Waals surface area contributed by atoms with Gasteiger partial charge in [-0.1, -0.05) is 15.9 Å². The summed E-state index contributed by atoms with van der Waals surface area (Å²) in [5.41, 5.74) is 6.33. The Morgan fingerprint density at radius 2 is 2.00 bits per heavy atom. The minimum absolute atomic E-state index is 0.0318. The maximum atomic E-state index is 12.2. The lowest BCUT2D eigenvalue weighted by molar-refractivity contribution is -0.110. The minimum atomic E-state index is -0.0318. The monoisotopic (exact) mass is 342 g/mol. The van der Waals surface area contributed by atoms with E-state index >= 15 is 0 Å². The fourth-order valence-corrected chi connectivity index (χ4v) is 3.53. The highest BCUT2D eigenvalue weighted by Gasteiger charge is 2.24. The third-order valence-electron chi connectivity index (χ3n) is 4.20. The number of halogens is 1. The van der Waals surface area contributed by atoms with E-state index in [0.29, 0.717) is 0 Å². The molecule has 4 rings (SSSR count). The van der Waals surface area contributed by atoms with E-state index in [-0.39, 0.29) is 5.91 Å². The number of anilines is 1. The van der Waals surface area contributed by atoms with Crippen molar-refractivity contribution in [3.05, 3.63) is 51.3 Å². The quantitative estimate of drug-likeness (QED) is 0.751. The van der Waals surface area contributed by atoms with Gasteiger partial charge in [-0.3, -0.25) is 4.79 Å². The summed E-state index contributed by atoms with van der Waals surface area (Å²) in [6.45, 7) is 0. The number of aromatic amines is 1. The van der Waals surface area contributed by atoms with Crippen LogP contribution in [-0.2, 0) is 17.6 Å². The fourth-order valence-electron chi connectivity index (χ4n) is 3.17.